The molecule has 0 bridgehead atoms. The molecule has 0 aliphatic rings. The molecule has 2 aromatic carbocycles. The third-order valence-electron chi connectivity index (χ3n) is 3.61. The zero-order valence-corrected chi connectivity index (χ0v) is 13.3. The van der Waals surface area contributed by atoms with E-state index in [0.717, 1.165) is 16.7 Å². The lowest BCUT2D eigenvalue weighted by Crippen LogP contribution is -1.98. The van der Waals surface area contributed by atoms with Gasteiger partial charge in [0, 0.05) is 17.3 Å². The van der Waals surface area contributed by atoms with Crippen molar-refractivity contribution in [2.24, 2.45) is 0 Å². The summed E-state index contributed by atoms with van der Waals surface area (Å²) in [5, 5.41) is 9.15. The minimum Gasteiger partial charge on any atom is -0.495 e. The van der Waals surface area contributed by atoms with Crippen LogP contribution in [0.1, 0.15) is 11.1 Å². The molecule has 0 atom stereocenters. The molecule has 0 saturated heterocycles. The number of benzene rings is 2. The summed E-state index contributed by atoms with van der Waals surface area (Å²) in [6, 6.07) is 19.3. The number of ether oxygens (including phenoxy) is 2. The smallest absolute Gasteiger partial charge is 0.137 e. The number of rotatable bonds is 5. The number of methoxy groups -OCH3 is 1. The van der Waals surface area contributed by atoms with E-state index in [1.165, 1.54) is 0 Å². The van der Waals surface area contributed by atoms with Gasteiger partial charge < -0.3 is 9.47 Å². The van der Waals surface area contributed by atoms with Crippen molar-refractivity contribution >= 4 is 0 Å². The number of hydrogen-bond acceptors (Lipinski definition) is 4. The van der Waals surface area contributed by atoms with Crippen LogP contribution >= 0.6 is 0 Å². The van der Waals surface area contributed by atoms with E-state index in [2.05, 4.69) is 11.1 Å². The van der Waals surface area contributed by atoms with E-state index in [1.54, 1.807) is 31.6 Å². The van der Waals surface area contributed by atoms with E-state index in [-0.39, 0.29) is 0 Å². The fourth-order valence-corrected chi connectivity index (χ4v) is 2.36. The van der Waals surface area contributed by atoms with Crippen LogP contribution in [0.4, 0.5) is 0 Å². The minimum atomic E-state index is 0.431. The molecule has 0 amide bonds. The maximum atomic E-state index is 9.15. The SMILES string of the molecule is COc1cncc(-c2ccc(C#N)cc2OCc2ccccc2)c1. The third-order valence-corrected chi connectivity index (χ3v) is 3.61. The van der Waals surface area contributed by atoms with Gasteiger partial charge in [-0.25, -0.2) is 0 Å². The molecule has 0 aliphatic heterocycles. The van der Waals surface area contributed by atoms with Gasteiger partial charge in [0.15, 0.2) is 0 Å². The van der Waals surface area contributed by atoms with Crippen LogP contribution in [-0.2, 0) is 6.61 Å². The molecule has 3 rings (SSSR count). The van der Waals surface area contributed by atoms with Gasteiger partial charge in [-0.3, -0.25) is 4.98 Å². The molecule has 0 N–H and O–H groups in total. The zero-order valence-electron chi connectivity index (χ0n) is 13.3. The summed E-state index contributed by atoms with van der Waals surface area (Å²) in [6.45, 7) is 0.431. The summed E-state index contributed by atoms with van der Waals surface area (Å²) >= 11 is 0. The number of hydrogen-bond donors (Lipinski definition) is 0. The summed E-state index contributed by atoms with van der Waals surface area (Å²) in [6.07, 6.45) is 3.40. The Hall–Kier alpha value is -3.32. The first-order valence-corrected chi connectivity index (χ1v) is 7.50. The lowest BCUT2D eigenvalue weighted by molar-refractivity contribution is 0.307. The number of nitrogens with zero attached hydrogens (tertiary/aromatic N) is 2. The predicted molar refractivity (Wildman–Crippen MR) is 91.7 cm³/mol. The fraction of sp³-hybridized carbons (Fsp3) is 0.100. The van der Waals surface area contributed by atoms with Crippen LogP contribution in [0.2, 0.25) is 0 Å². The van der Waals surface area contributed by atoms with Gasteiger partial charge in [-0.15, -0.1) is 0 Å². The molecule has 1 aromatic heterocycles. The van der Waals surface area contributed by atoms with Gasteiger partial charge in [0.2, 0.25) is 0 Å². The summed E-state index contributed by atoms with van der Waals surface area (Å²) in [4.78, 5) is 4.19. The molecule has 0 unspecified atom stereocenters. The Bertz CT molecular complexity index is 870. The Morgan fingerprint density at radius 1 is 1.04 bits per heavy atom. The molecule has 0 radical (unpaired) electrons. The van der Waals surface area contributed by atoms with Gasteiger partial charge in [-0.05, 0) is 29.8 Å². The Labute approximate surface area is 140 Å². The van der Waals surface area contributed by atoms with Gasteiger partial charge in [0.05, 0.1) is 24.9 Å². The van der Waals surface area contributed by atoms with Crippen molar-refractivity contribution in [2.45, 2.75) is 6.61 Å². The highest BCUT2D eigenvalue weighted by Gasteiger charge is 2.10. The lowest BCUT2D eigenvalue weighted by atomic mass is 10.0. The fourth-order valence-electron chi connectivity index (χ4n) is 2.36. The van der Waals surface area contributed by atoms with Crippen LogP contribution in [0.5, 0.6) is 11.5 Å². The van der Waals surface area contributed by atoms with Gasteiger partial charge in [-0.1, -0.05) is 30.3 Å². The Morgan fingerprint density at radius 2 is 1.88 bits per heavy atom. The van der Waals surface area contributed by atoms with Crippen LogP contribution in [-0.4, -0.2) is 12.1 Å². The second-order valence-corrected chi connectivity index (χ2v) is 5.21. The van der Waals surface area contributed by atoms with Crippen molar-refractivity contribution in [3.8, 4) is 28.7 Å². The summed E-state index contributed by atoms with van der Waals surface area (Å²) in [7, 11) is 1.60. The summed E-state index contributed by atoms with van der Waals surface area (Å²) in [5.74, 6) is 1.32. The second kappa shape index (κ2) is 7.30. The summed E-state index contributed by atoms with van der Waals surface area (Å²) in [5.41, 5.74) is 3.37. The van der Waals surface area contributed by atoms with Crippen molar-refractivity contribution in [1.29, 1.82) is 5.26 Å². The number of aromatic nitrogens is 1. The first-order chi connectivity index (χ1) is 11.8. The highest BCUT2D eigenvalue weighted by Crippen LogP contribution is 2.32. The molecule has 0 spiro atoms. The standard InChI is InChI=1S/C20H16N2O2/c1-23-18-10-17(12-22-13-18)19-8-7-16(11-21)9-20(19)24-14-15-5-3-2-4-6-15/h2-10,12-13H,14H2,1H3. The summed E-state index contributed by atoms with van der Waals surface area (Å²) < 4.78 is 11.2. The third kappa shape index (κ3) is 3.53. The Balaban J connectivity index is 1.95. The van der Waals surface area contributed by atoms with E-state index in [4.69, 9.17) is 14.7 Å². The van der Waals surface area contributed by atoms with Crippen molar-refractivity contribution in [1.82, 2.24) is 4.98 Å². The van der Waals surface area contributed by atoms with Crippen molar-refractivity contribution in [2.75, 3.05) is 7.11 Å². The van der Waals surface area contributed by atoms with Crippen molar-refractivity contribution < 1.29 is 9.47 Å². The van der Waals surface area contributed by atoms with Crippen LogP contribution in [0, 0.1) is 11.3 Å². The average Bonchev–Trinajstić information content (AvgIpc) is 2.67. The molecule has 4 heteroatoms. The van der Waals surface area contributed by atoms with Crippen LogP contribution in [0.25, 0.3) is 11.1 Å². The molecule has 0 aliphatic carbocycles. The quantitative estimate of drug-likeness (QED) is 0.707. The van der Waals surface area contributed by atoms with E-state index in [1.807, 2.05) is 42.5 Å². The molecular weight excluding hydrogens is 300 g/mol. The van der Waals surface area contributed by atoms with Gasteiger partial charge in [0.25, 0.3) is 0 Å². The molecule has 0 saturated carbocycles. The van der Waals surface area contributed by atoms with Gasteiger partial charge >= 0.3 is 0 Å². The first-order valence-electron chi connectivity index (χ1n) is 7.50. The van der Waals surface area contributed by atoms with E-state index in [9.17, 15) is 0 Å². The molecule has 3 aromatic rings. The molecule has 0 fully saturated rings. The topological polar surface area (TPSA) is 55.1 Å². The normalized spacial score (nSPS) is 10.0. The minimum absolute atomic E-state index is 0.431. The van der Waals surface area contributed by atoms with E-state index < -0.39 is 0 Å². The highest BCUT2D eigenvalue weighted by atomic mass is 16.5. The molecule has 24 heavy (non-hydrogen) atoms. The highest BCUT2D eigenvalue weighted by molar-refractivity contribution is 5.71. The first kappa shape index (κ1) is 15.6. The number of pyridine rings is 1. The van der Waals surface area contributed by atoms with E-state index >= 15 is 0 Å². The molecule has 1 heterocycles. The van der Waals surface area contributed by atoms with Crippen molar-refractivity contribution in [3.63, 3.8) is 0 Å². The maximum absolute atomic E-state index is 9.15. The predicted octanol–water partition coefficient (Wildman–Crippen LogP) is 4.21. The number of nitriles is 1. The van der Waals surface area contributed by atoms with Crippen LogP contribution in [0.15, 0.2) is 67.0 Å². The maximum Gasteiger partial charge on any atom is 0.137 e. The lowest BCUT2D eigenvalue weighted by Gasteiger charge is -2.13. The monoisotopic (exact) mass is 316 g/mol. The molecule has 4 nitrogen and oxygen atoms in total. The largest absolute Gasteiger partial charge is 0.495 e. The van der Waals surface area contributed by atoms with Gasteiger partial charge in [0.1, 0.15) is 18.1 Å². The van der Waals surface area contributed by atoms with E-state index in [0.29, 0.717) is 23.7 Å². The molecular formula is C20H16N2O2. The average molecular weight is 316 g/mol. The van der Waals surface area contributed by atoms with Crippen LogP contribution in [0.3, 0.4) is 0 Å². The molecule has 118 valence electrons. The van der Waals surface area contributed by atoms with Crippen molar-refractivity contribution in [3.05, 3.63) is 78.1 Å². The van der Waals surface area contributed by atoms with Gasteiger partial charge in [-0.2, -0.15) is 5.26 Å². The zero-order chi connectivity index (χ0) is 16.8. The Kier molecular flexibility index (Phi) is 4.73. The second-order valence-electron chi connectivity index (χ2n) is 5.21. The Morgan fingerprint density at radius 3 is 2.62 bits per heavy atom. The van der Waals surface area contributed by atoms with Crippen LogP contribution < -0.4 is 9.47 Å².